The van der Waals surface area contributed by atoms with Crippen LogP contribution in [0.1, 0.15) is 58.8 Å². The van der Waals surface area contributed by atoms with Crippen molar-refractivity contribution in [1.82, 2.24) is 5.32 Å². The van der Waals surface area contributed by atoms with Crippen molar-refractivity contribution in [2.24, 2.45) is 5.92 Å². The van der Waals surface area contributed by atoms with Crippen molar-refractivity contribution in [2.45, 2.75) is 64.9 Å². The topological polar surface area (TPSA) is 72.5 Å². The van der Waals surface area contributed by atoms with Crippen molar-refractivity contribution < 1.29 is 19.1 Å². The Balaban J connectivity index is 2.45. The molecule has 0 aromatic heterocycles. The van der Waals surface area contributed by atoms with Crippen molar-refractivity contribution in [3.8, 4) is 0 Å². The number of hydrogen-bond acceptors (Lipinski definition) is 4. The van der Waals surface area contributed by atoms with E-state index >= 15 is 0 Å². The molecule has 1 saturated heterocycles. The smallest absolute Gasteiger partial charge is 0.334 e. The monoisotopic (exact) mass is 309 g/mol. The predicted molar refractivity (Wildman–Crippen MR) is 84.2 cm³/mol. The first-order valence-corrected chi connectivity index (χ1v) is 8.14. The Bertz CT molecular complexity index is 430. The molecule has 124 valence electrons. The van der Waals surface area contributed by atoms with E-state index in [0.29, 0.717) is 6.42 Å². The van der Waals surface area contributed by atoms with E-state index in [1.165, 1.54) is 26.2 Å². The third kappa shape index (κ3) is 5.62. The maximum atomic E-state index is 12.1. The Morgan fingerprint density at radius 2 is 1.82 bits per heavy atom. The predicted octanol–water partition coefficient (Wildman–Crippen LogP) is 2.54. The van der Waals surface area contributed by atoms with Crippen LogP contribution in [0, 0.1) is 5.92 Å². The lowest BCUT2D eigenvalue weighted by molar-refractivity contribution is -0.140. The van der Waals surface area contributed by atoms with Gasteiger partial charge in [0.15, 0.2) is 0 Å². The van der Waals surface area contributed by atoms with Crippen LogP contribution in [-0.2, 0) is 19.1 Å². The summed E-state index contributed by atoms with van der Waals surface area (Å²) in [6.45, 7) is 7.21. The first-order chi connectivity index (χ1) is 10.5. The molecule has 0 aromatic carbocycles. The first kappa shape index (κ1) is 18.4. The number of esters is 1. The van der Waals surface area contributed by atoms with Crippen LogP contribution in [0.4, 0.5) is 0 Å². The summed E-state index contributed by atoms with van der Waals surface area (Å²) >= 11 is 0. The van der Waals surface area contributed by atoms with Crippen molar-refractivity contribution >= 4 is 17.7 Å². The molecule has 1 aliphatic rings. The maximum absolute atomic E-state index is 12.1. The van der Waals surface area contributed by atoms with Gasteiger partial charge in [-0.25, -0.2) is 4.79 Å². The molecule has 1 N–H and O–H groups in total. The molecule has 5 nitrogen and oxygen atoms in total. The highest BCUT2D eigenvalue weighted by Crippen LogP contribution is 2.30. The van der Waals surface area contributed by atoms with Crippen LogP contribution in [0.15, 0.2) is 12.2 Å². The van der Waals surface area contributed by atoms with Crippen molar-refractivity contribution in [3.63, 3.8) is 0 Å². The molecule has 0 saturated carbocycles. The average Bonchev–Trinajstić information content (AvgIpc) is 2.75. The van der Waals surface area contributed by atoms with E-state index in [2.05, 4.69) is 18.8 Å². The highest BCUT2D eigenvalue weighted by Gasteiger charge is 2.42. The lowest BCUT2D eigenvalue weighted by Gasteiger charge is -2.17. The molecule has 1 heterocycles. The molecule has 5 heteroatoms. The SMILES string of the molecule is C=C1C(=O)O[C@@H](CCCCCCCC)C1C(=O)NCC(C)=O. The highest BCUT2D eigenvalue weighted by molar-refractivity contribution is 6.00. The summed E-state index contributed by atoms with van der Waals surface area (Å²) in [6.07, 6.45) is 7.04. The molecule has 1 aliphatic heterocycles. The zero-order chi connectivity index (χ0) is 16.5. The second kappa shape index (κ2) is 9.38. The van der Waals surface area contributed by atoms with Crippen LogP contribution < -0.4 is 5.32 Å². The summed E-state index contributed by atoms with van der Waals surface area (Å²) in [5.41, 5.74) is 0.192. The van der Waals surface area contributed by atoms with Gasteiger partial charge in [-0.15, -0.1) is 0 Å². The quantitative estimate of drug-likeness (QED) is 0.382. The third-order valence-corrected chi connectivity index (χ3v) is 3.90. The van der Waals surface area contributed by atoms with Gasteiger partial charge in [-0.1, -0.05) is 45.6 Å². The van der Waals surface area contributed by atoms with E-state index in [9.17, 15) is 14.4 Å². The van der Waals surface area contributed by atoms with Crippen LogP contribution in [0.3, 0.4) is 0 Å². The number of hydrogen-bond donors (Lipinski definition) is 1. The van der Waals surface area contributed by atoms with Crippen LogP contribution in [0.25, 0.3) is 0 Å². The lowest BCUT2D eigenvalue weighted by atomic mass is 9.92. The number of amides is 1. The summed E-state index contributed by atoms with van der Waals surface area (Å²) in [5, 5.41) is 2.54. The summed E-state index contributed by atoms with van der Waals surface area (Å²) in [5.74, 6) is -1.64. The van der Waals surface area contributed by atoms with E-state index in [-0.39, 0.29) is 23.8 Å². The van der Waals surface area contributed by atoms with Crippen LogP contribution in [0.2, 0.25) is 0 Å². The van der Waals surface area contributed by atoms with Gasteiger partial charge >= 0.3 is 5.97 Å². The van der Waals surface area contributed by atoms with Gasteiger partial charge in [-0.3, -0.25) is 9.59 Å². The molecule has 0 radical (unpaired) electrons. The summed E-state index contributed by atoms with van der Waals surface area (Å²) in [7, 11) is 0. The summed E-state index contributed by atoms with van der Waals surface area (Å²) in [4.78, 5) is 34.7. The van der Waals surface area contributed by atoms with Gasteiger partial charge in [0, 0.05) is 5.57 Å². The number of cyclic esters (lactones) is 1. The number of carbonyl (C=O) groups excluding carboxylic acids is 3. The molecule has 0 spiro atoms. The molecule has 1 fully saturated rings. The second-order valence-electron chi connectivity index (χ2n) is 5.92. The van der Waals surface area contributed by atoms with Crippen molar-refractivity contribution in [2.75, 3.05) is 6.54 Å². The molecule has 0 aromatic rings. The summed E-state index contributed by atoms with van der Waals surface area (Å²) in [6, 6.07) is 0. The number of ketones is 1. The minimum atomic E-state index is -0.664. The van der Waals surface area contributed by atoms with Crippen LogP contribution in [-0.4, -0.2) is 30.3 Å². The van der Waals surface area contributed by atoms with Gasteiger partial charge in [0.1, 0.15) is 17.8 Å². The van der Waals surface area contributed by atoms with Crippen LogP contribution in [0.5, 0.6) is 0 Å². The fraction of sp³-hybridized carbons (Fsp3) is 0.706. The Labute approximate surface area is 132 Å². The van der Waals surface area contributed by atoms with Crippen molar-refractivity contribution in [3.05, 3.63) is 12.2 Å². The second-order valence-corrected chi connectivity index (χ2v) is 5.92. The fourth-order valence-electron chi connectivity index (χ4n) is 2.63. The van der Waals surface area contributed by atoms with E-state index in [1.807, 2.05) is 0 Å². The zero-order valence-electron chi connectivity index (χ0n) is 13.7. The normalized spacial score (nSPS) is 20.8. The average molecular weight is 309 g/mol. The van der Waals surface area contributed by atoms with Crippen molar-refractivity contribution in [1.29, 1.82) is 0 Å². The molecule has 1 rings (SSSR count). The number of carbonyl (C=O) groups is 3. The van der Waals surface area contributed by atoms with E-state index in [1.54, 1.807) is 0 Å². The largest absolute Gasteiger partial charge is 0.458 e. The molecule has 1 amide bonds. The Morgan fingerprint density at radius 1 is 1.18 bits per heavy atom. The Hall–Kier alpha value is -1.65. The first-order valence-electron chi connectivity index (χ1n) is 8.14. The number of Topliss-reactive ketones (excluding diaryl/α,β-unsaturated/α-hetero) is 1. The number of rotatable bonds is 10. The van der Waals surface area contributed by atoms with Gasteiger partial charge in [0.05, 0.1) is 6.54 Å². The van der Waals surface area contributed by atoms with Gasteiger partial charge < -0.3 is 10.1 Å². The molecule has 1 unspecified atom stereocenters. The van der Waals surface area contributed by atoms with Gasteiger partial charge in [-0.2, -0.15) is 0 Å². The minimum absolute atomic E-state index is 0.0272. The summed E-state index contributed by atoms with van der Waals surface area (Å²) < 4.78 is 5.26. The molecule has 22 heavy (non-hydrogen) atoms. The van der Waals surface area contributed by atoms with Gasteiger partial charge in [0.2, 0.25) is 5.91 Å². The lowest BCUT2D eigenvalue weighted by Crippen LogP contribution is -2.38. The Morgan fingerprint density at radius 3 is 2.45 bits per heavy atom. The molecular formula is C17H27NO4. The van der Waals surface area contributed by atoms with E-state index in [0.717, 1.165) is 19.3 Å². The molecular weight excluding hydrogens is 282 g/mol. The van der Waals surface area contributed by atoms with E-state index in [4.69, 9.17) is 4.74 Å². The maximum Gasteiger partial charge on any atom is 0.334 e. The highest BCUT2D eigenvalue weighted by atomic mass is 16.6. The molecule has 0 bridgehead atoms. The number of unbranched alkanes of at least 4 members (excludes halogenated alkanes) is 5. The standard InChI is InChI=1S/C17H27NO4/c1-4-5-6-7-8-9-10-14-15(13(3)17(21)22-14)16(20)18-11-12(2)19/h14-15H,3-11H2,1-2H3,(H,18,20)/t14-,15?/m0/s1. The van der Waals surface area contributed by atoms with Crippen LogP contribution >= 0.6 is 0 Å². The third-order valence-electron chi connectivity index (χ3n) is 3.90. The number of nitrogens with one attached hydrogen (secondary N) is 1. The zero-order valence-corrected chi connectivity index (χ0v) is 13.7. The minimum Gasteiger partial charge on any atom is -0.458 e. The molecule has 2 atom stereocenters. The Kier molecular flexibility index (Phi) is 7.85. The number of ether oxygens (including phenoxy) is 1. The van der Waals surface area contributed by atoms with Gasteiger partial charge in [-0.05, 0) is 19.8 Å². The van der Waals surface area contributed by atoms with Gasteiger partial charge in [0.25, 0.3) is 0 Å². The fourth-order valence-corrected chi connectivity index (χ4v) is 2.63. The van der Waals surface area contributed by atoms with E-state index < -0.39 is 18.0 Å². The molecule has 0 aliphatic carbocycles.